The van der Waals surface area contributed by atoms with E-state index in [9.17, 15) is 9.59 Å². The molecular weight excluding hydrogens is 350 g/mol. The Balaban J connectivity index is 1.97. The molecule has 0 atom stereocenters. The fourth-order valence-corrected chi connectivity index (χ4v) is 1.97. The Bertz CT molecular complexity index is 688. The molecule has 0 fully saturated rings. The minimum atomic E-state index is -0.386. The van der Waals surface area contributed by atoms with Crippen LogP contribution in [0.3, 0.4) is 0 Å². The predicted octanol–water partition coefficient (Wildman–Crippen LogP) is 3.87. The number of carbonyl (C=O) groups is 2. The van der Waals surface area contributed by atoms with Gasteiger partial charge in [-0.3, -0.25) is 4.79 Å². The van der Waals surface area contributed by atoms with E-state index in [4.69, 9.17) is 9.15 Å². The molecule has 1 aromatic heterocycles. The molecular formula is C16H14BrNO4. The highest BCUT2D eigenvalue weighted by Gasteiger charge is 2.10. The Morgan fingerprint density at radius 2 is 1.95 bits per heavy atom. The molecule has 1 heterocycles. The second-order valence-corrected chi connectivity index (χ2v) is 5.05. The lowest BCUT2D eigenvalue weighted by atomic mass is 10.2. The number of carbonyl (C=O) groups excluding carboxylic acids is 2. The maximum absolute atomic E-state index is 11.9. The molecule has 0 saturated carbocycles. The number of furan rings is 1. The summed E-state index contributed by atoms with van der Waals surface area (Å²) < 4.78 is 10.5. The second kappa shape index (κ2) is 7.61. The molecule has 1 aromatic carbocycles. The van der Waals surface area contributed by atoms with Gasteiger partial charge in [-0.15, -0.1) is 0 Å². The van der Waals surface area contributed by atoms with Gasteiger partial charge in [0.2, 0.25) is 0 Å². The molecule has 0 unspecified atom stereocenters. The third kappa shape index (κ3) is 4.60. The van der Waals surface area contributed by atoms with Gasteiger partial charge in [-0.25, -0.2) is 4.79 Å². The summed E-state index contributed by atoms with van der Waals surface area (Å²) in [5.41, 5.74) is 1.46. The lowest BCUT2D eigenvalue weighted by Crippen LogP contribution is -2.10. The Morgan fingerprint density at radius 1 is 1.23 bits per heavy atom. The number of anilines is 1. The third-order valence-corrected chi connectivity index (χ3v) is 3.09. The lowest BCUT2D eigenvalue weighted by Gasteiger charge is -2.03. The summed E-state index contributed by atoms with van der Waals surface area (Å²) in [6.45, 7) is 2.10. The summed E-state index contributed by atoms with van der Waals surface area (Å²) in [7, 11) is 0. The van der Waals surface area contributed by atoms with Gasteiger partial charge in [-0.2, -0.15) is 0 Å². The maximum Gasteiger partial charge on any atom is 0.330 e. The van der Waals surface area contributed by atoms with Gasteiger partial charge in [-0.05, 0) is 58.8 Å². The number of halogens is 1. The second-order valence-electron chi connectivity index (χ2n) is 4.27. The highest BCUT2D eigenvalue weighted by atomic mass is 79.9. The van der Waals surface area contributed by atoms with Crippen LogP contribution >= 0.6 is 15.9 Å². The molecule has 114 valence electrons. The minimum absolute atomic E-state index is 0.221. The van der Waals surface area contributed by atoms with Gasteiger partial charge in [0.05, 0.1) is 6.61 Å². The molecule has 0 bridgehead atoms. The van der Waals surface area contributed by atoms with E-state index in [1.165, 1.54) is 6.08 Å². The van der Waals surface area contributed by atoms with E-state index in [1.54, 1.807) is 49.4 Å². The van der Waals surface area contributed by atoms with E-state index >= 15 is 0 Å². The first-order valence-corrected chi connectivity index (χ1v) is 7.39. The normalized spacial score (nSPS) is 10.6. The Kier molecular flexibility index (Phi) is 5.55. The fraction of sp³-hybridized carbons (Fsp3) is 0.125. The average Bonchev–Trinajstić information content (AvgIpc) is 2.93. The smallest absolute Gasteiger partial charge is 0.330 e. The maximum atomic E-state index is 11.9. The first kappa shape index (κ1) is 16.0. The first-order chi connectivity index (χ1) is 10.6. The summed E-state index contributed by atoms with van der Waals surface area (Å²) in [6, 6.07) is 10.3. The Labute approximate surface area is 136 Å². The van der Waals surface area contributed by atoms with Crippen LogP contribution in [-0.4, -0.2) is 18.5 Å². The van der Waals surface area contributed by atoms with E-state index in [-0.39, 0.29) is 17.6 Å². The van der Waals surface area contributed by atoms with Gasteiger partial charge >= 0.3 is 5.97 Å². The van der Waals surface area contributed by atoms with Crippen molar-refractivity contribution >= 4 is 39.6 Å². The van der Waals surface area contributed by atoms with Crippen LogP contribution < -0.4 is 5.32 Å². The third-order valence-electron chi connectivity index (χ3n) is 2.66. The van der Waals surface area contributed by atoms with Crippen molar-refractivity contribution in [1.82, 2.24) is 0 Å². The molecule has 2 aromatic rings. The molecule has 0 spiro atoms. The van der Waals surface area contributed by atoms with Crippen molar-refractivity contribution in [3.8, 4) is 0 Å². The zero-order valence-electron chi connectivity index (χ0n) is 11.8. The summed E-state index contributed by atoms with van der Waals surface area (Å²) >= 11 is 3.14. The zero-order valence-corrected chi connectivity index (χ0v) is 13.4. The molecule has 5 nitrogen and oxygen atoms in total. The number of hydrogen-bond donors (Lipinski definition) is 1. The van der Waals surface area contributed by atoms with Gasteiger partial charge in [0, 0.05) is 11.8 Å². The monoisotopic (exact) mass is 363 g/mol. The van der Waals surface area contributed by atoms with Gasteiger partial charge in [0.25, 0.3) is 5.91 Å². The van der Waals surface area contributed by atoms with Crippen LogP contribution in [0.4, 0.5) is 5.69 Å². The number of rotatable bonds is 5. The minimum Gasteiger partial charge on any atom is -0.463 e. The summed E-state index contributed by atoms with van der Waals surface area (Å²) in [5.74, 6) is -0.498. The molecule has 1 amide bonds. The van der Waals surface area contributed by atoms with Crippen molar-refractivity contribution in [2.24, 2.45) is 0 Å². The van der Waals surface area contributed by atoms with Gasteiger partial charge in [0.15, 0.2) is 10.4 Å². The number of ether oxygens (including phenoxy) is 1. The van der Waals surface area contributed by atoms with Crippen molar-refractivity contribution in [2.75, 3.05) is 11.9 Å². The van der Waals surface area contributed by atoms with E-state index < -0.39 is 0 Å². The molecule has 22 heavy (non-hydrogen) atoms. The number of hydrogen-bond acceptors (Lipinski definition) is 4. The molecule has 0 saturated heterocycles. The number of benzene rings is 1. The summed E-state index contributed by atoms with van der Waals surface area (Å²) in [5, 5.41) is 2.71. The van der Waals surface area contributed by atoms with Crippen LogP contribution in [0.15, 0.2) is 51.6 Å². The van der Waals surface area contributed by atoms with E-state index in [2.05, 4.69) is 21.2 Å². The van der Waals surface area contributed by atoms with Crippen LogP contribution in [0.25, 0.3) is 6.08 Å². The van der Waals surface area contributed by atoms with E-state index in [0.717, 1.165) is 5.56 Å². The Hall–Kier alpha value is -2.34. The highest BCUT2D eigenvalue weighted by molar-refractivity contribution is 9.10. The van der Waals surface area contributed by atoms with Gasteiger partial charge in [0.1, 0.15) is 0 Å². The van der Waals surface area contributed by atoms with Crippen LogP contribution in [0.2, 0.25) is 0 Å². The molecule has 0 radical (unpaired) electrons. The van der Waals surface area contributed by atoms with E-state index in [0.29, 0.717) is 17.0 Å². The van der Waals surface area contributed by atoms with Crippen molar-refractivity contribution in [3.63, 3.8) is 0 Å². The molecule has 2 rings (SSSR count). The quantitative estimate of drug-likeness (QED) is 0.646. The number of esters is 1. The van der Waals surface area contributed by atoms with Crippen molar-refractivity contribution < 1.29 is 18.7 Å². The standard InChI is InChI=1S/C16H14BrNO4/c1-2-21-15(19)10-5-11-3-6-12(7-4-11)18-16(20)13-8-9-14(17)22-13/h3-10H,2H2,1H3,(H,18,20)/b10-5-. The fourth-order valence-electron chi connectivity index (χ4n) is 1.66. The Morgan fingerprint density at radius 3 is 2.55 bits per heavy atom. The van der Waals surface area contributed by atoms with Crippen LogP contribution in [-0.2, 0) is 9.53 Å². The molecule has 6 heteroatoms. The van der Waals surface area contributed by atoms with Crippen LogP contribution in [0, 0.1) is 0 Å². The van der Waals surface area contributed by atoms with Crippen molar-refractivity contribution in [2.45, 2.75) is 6.92 Å². The number of nitrogens with one attached hydrogen (secondary N) is 1. The van der Waals surface area contributed by atoms with Gasteiger partial charge in [-0.1, -0.05) is 12.1 Å². The van der Waals surface area contributed by atoms with E-state index in [1.807, 2.05) is 0 Å². The van der Waals surface area contributed by atoms with Gasteiger partial charge < -0.3 is 14.5 Å². The molecule has 0 aliphatic carbocycles. The first-order valence-electron chi connectivity index (χ1n) is 6.60. The molecule has 0 aliphatic heterocycles. The zero-order chi connectivity index (χ0) is 15.9. The van der Waals surface area contributed by atoms with Crippen LogP contribution in [0.5, 0.6) is 0 Å². The topological polar surface area (TPSA) is 68.5 Å². The molecule has 1 N–H and O–H groups in total. The summed E-state index contributed by atoms with van der Waals surface area (Å²) in [4.78, 5) is 23.1. The lowest BCUT2D eigenvalue weighted by molar-refractivity contribution is -0.137. The van der Waals surface area contributed by atoms with Crippen molar-refractivity contribution in [3.05, 3.63) is 58.5 Å². The number of amides is 1. The largest absolute Gasteiger partial charge is 0.463 e. The van der Waals surface area contributed by atoms with Crippen LogP contribution in [0.1, 0.15) is 23.0 Å². The summed E-state index contributed by atoms with van der Waals surface area (Å²) in [6.07, 6.45) is 3.00. The highest BCUT2D eigenvalue weighted by Crippen LogP contribution is 2.16. The van der Waals surface area contributed by atoms with Crippen molar-refractivity contribution in [1.29, 1.82) is 0 Å². The SMILES string of the molecule is CCOC(=O)/C=C\c1ccc(NC(=O)c2ccc(Br)o2)cc1. The predicted molar refractivity (Wildman–Crippen MR) is 86.5 cm³/mol. The average molecular weight is 364 g/mol. The molecule has 0 aliphatic rings.